The van der Waals surface area contributed by atoms with E-state index in [1.54, 1.807) is 19.2 Å². The van der Waals surface area contributed by atoms with Gasteiger partial charge in [-0.15, -0.1) is 0 Å². The fourth-order valence-corrected chi connectivity index (χ4v) is 7.49. The minimum atomic E-state index is -3.67. The molecule has 0 amide bonds. The molecule has 1 saturated carbocycles. The maximum atomic E-state index is 13.1. The summed E-state index contributed by atoms with van der Waals surface area (Å²) in [4.78, 5) is 2.61. The summed E-state index contributed by atoms with van der Waals surface area (Å²) in [6.07, 6.45) is 4.38. The molecule has 7 heteroatoms. The van der Waals surface area contributed by atoms with Crippen molar-refractivity contribution in [2.75, 3.05) is 13.7 Å². The number of ether oxygens (including phenoxy) is 1. The van der Waals surface area contributed by atoms with Crippen LogP contribution in [0.4, 0.5) is 0 Å². The van der Waals surface area contributed by atoms with E-state index in [-0.39, 0.29) is 16.9 Å². The summed E-state index contributed by atoms with van der Waals surface area (Å²) >= 11 is 0. The summed E-state index contributed by atoms with van der Waals surface area (Å²) in [5.41, 5.74) is 1.53. The highest BCUT2D eigenvalue weighted by Gasteiger charge is 2.61. The number of nitrogens with one attached hydrogen (secondary N) is 1. The molecule has 6 nitrogen and oxygen atoms in total. The van der Waals surface area contributed by atoms with Crippen molar-refractivity contribution < 1.29 is 18.3 Å². The Morgan fingerprint density at radius 1 is 1.12 bits per heavy atom. The summed E-state index contributed by atoms with van der Waals surface area (Å²) in [5.74, 6) is 0.863. The van der Waals surface area contributed by atoms with Gasteiger partial charge in [0.1, 0.15) is 11.4 Å². The van der Waals surface area contributed by atoms with Gasteiger partial charge in [-0.3, -0.25) is 4.90 Å². The topological polar surface area (TPSA) is 78.9 Å². The van der Waals surface area contributed by atoms with Gasteiger partial charge in [0.05, 0.1) is 12.0 Å². The van der Waals surface area contributed by atoms with E-state index in [2.05, 4.69) is 21.8 Å². The molecule has 2 fully saturated rings. The van der Waals surface area contributed by atoms with Gasteiger partial charge >= 0.3 is 0 Å². The summed E-state index contributed by atoms with van der Waals surface area (Å²) in [7, 11) is -2.01. The molecule has 0 spiro atoms. The van der Waals surface area contributed by atoms with Crippen molar-refractivity contribution in [2.24, 2.45) is 5.92 Å². The third-order valence-electron chi connectivity index (χ3n) is 7.65. The molecule has 176 valence electrons. The lowest BCUT2D eigenvalue weighted by Gasteiger charge is -2.42. The van der Waals surface area contributed by atoms with Gasteiger partial charge in [0.25, 0.3) is 0 Å². The van der Waals surface area contributed by atoms with Crippen LogP contribution in [0, 0.1) is 12.8 Å². The third-order valence-corrected chi connectivity index (χ3v) is 9.28. The maximum Gasteiger partial charge on any atom is 0.241 e. The Bertz CT molecular complexity index is 1180. The van der Waals surface area contributed by atoms with Crippen molar-refractivity contribution in [3.8, 4) is 5.75 Å². The molecule has 2 aromatic rings. The van der Waals surface area contributed by atoms with E-state index in [9.17, 15) is 13.5 Å². The van der Waals surface area contributed by atoms with Crippen LogP contribution in [-0.4, -0.2) is 49.3 Å². The van der Waals surface area contributed by atoms with Crippen LogP contribution < -0.4 is 9.46 Å². The standard InChI is InChI=1S/C26H32N2O4S/c1-18-4-11-23(12-5-18)33(30,31)27-25(2)14-20-8-13-24-26(20,29)21(15-25)17-28(24)16-19-6-9-22(32-3)10-7-19/h4-7,9-12,15,20,24,27,29H,8,13-14,16-17H2,1-3H3/t20?,24-,25-,26+/m1/s1. The van der Waals surface area contributed by atoms with Gasteiger partial charge in [-0.2, -0.15) is 0 Å². The highest BCUT2D eigenvalue weighted by Crippen LogP contribution is 2.54. The van der Waals surface area contributed by atoms with E-state index in [0.29, 0.717) is 13.0 Å². The molecule has 2 N–H and O–H groups in total. The Balaban J connectivity index is 1.41. The first-order chi connectivity index (χ1) is 15.6. The van der Waals surface area contributed by atoms with Crippen LogP contribution in [0.5, 0.6) is 5.75 Å². The minimum Gasteiger partial charge on any atom is -0.497 e. The number of nitrogens with zero attached hydrogens (tertiary/aromatic N) is 1. The van der Waals surface area contributed by atoms with E-state index in [1.807, 2.05) is 44.2 Å². The molecule has 0 bridgehead atoms. The Morgan fingerprint density at radius 2 is 1.82 bits per heavy atom. The molecule has 33 heavy (non-hydrogen) atoms. The number of benzene rings is 2. The van der Waals surface area contributed by atoms with Crippen LogP contribution in [-0.2, 0) is 16.6 Å². The zero-order valence-electron chi connectivity index (χ0n) is 19.4. The Kier molecular flexibility index (Phi) is 5.44. The Labute approximate surface area is 196 Å². The molecule has 1 unspecified atom stereocenters. The predicted molar refractivity (Wildman–Crippen MR) is 127 cm³/mol. The summed E-state index contributed by atoms with van der Waals surface area (Å²) in [6, 6.07) is 15.0. The van der Waals surface area contributed by atoms with Crippen LogP contribution in [0.2, 0.25) is 0 Å². The summed E-state index contributed by atoms with van der Waals surface area (Å²) in [5, 5.41) is 11.8. The van der Waals surface area contributed by atoms with Gasteiger partial charge in [0.2, 0.25) is 10.0 Å². The van der Waals surface area contributed by atoms with Crippen molar-refractivity contribution in [3.63, 3.8) is 0 Å². The monoisotopic (exact) mass is 468 g/mol. The van der Waals surface area contributed by atoms with Crippen molar-refractivity contribution in [2.45, 2.75) is 61.7 Å². The number of aliphatic hydroxyl groups is 1. The number of hydrogen-bond acceptors (Lipinski definition) is 5. The van der Waals surface area contributed by atoms with Crippen molar-refractivity contribution >= 4 is 10.0 Å². The first kappa shape index (κ1) is 22.6. The van der Waals surface area contributed by atoms with Gasteiger partial charge in [0, 0.05) is 24.7 Å². The normalized spacial score (nSPS) is 31.3. The Hall–Kier alpha value is -2.19. The predicted octanol–water partition coefficient (Wildman–Crippen LogP) is 3.40. The van der Waals surface area contributed by atoms with Crippen molar-refractivity contribution in [1.29, 1.82) is 0 Å². The quantitative estimate of drug-likeness (QED) is 0.636. The lowest BCUT2D eigenvalue weighted by atomic mass is 9.71. The van der Waals surface area contributed by atoms with Crippen LogP contribution in [0.3, 0.4) is 0 Å². The SMILES string of the molecule is COc1ccc(CN2CC3=C[C@](C)(NS(=O)(=O)c4ccc(C)cc4)CC4CC[C@@H]2[C@@]34O)cc1. The Morgan fingerprint density at radius 3 is 2.48 bits per heavy atom. The highest BCUT2D eigenvalue weighted by molar-refractivity contribution is 7.89. The maximum absolute atomic E-state index is 13.1. The van der Waals surface area contributed by atoms with E-state index < -0.39 is 21.2 Å². The molecule has 1 aliphatic heterocycles. The van der Waals surface area contributed by atoms with Crippen LogP contribution in [0.1, 0.15) is 37.3 Å². The molecule has 4 atom stereocenters. The van der Waals surface area contributed by atoms with Gasteiger partial charge in [0.15, 0.2) is 0 Å². The largest absolute Gasteiger partial charge is 0.497 e. The second kappa shape index (κ2) is 7.94. The molecule has 3 aliphatic rings. The van der Waals surface area contributed by atoms with E-state index in [4.69, 9.17) is 4.74 Å². The molecule has 0 radical (unpaired) electrons. The average Bonchev–Trinajstić information content (AvgIpc) is 3.23. The fourth-order valence-electron chi connectivity index (χ4n) is 6.12. The lowest BCUT2D eigenvalue weighted by molar-refractivity contribution is -0.00439. The highest BCUT2D eigenvalue weighted by atomic mass is 32.2. The number of sulfonamides is 1. The molecule has 1 heterocycles. The average molecular weight is 469 g/mol. The third kappa shape index (κ3) is 3.91. The zero-order chi connectivity index (χ0) is 23.4. The molecule has 5 rings (SSSR count). The second-order valence-electron chi connectivity index (χ2n) is 10.1. The molecule has 2 aliphatic carbocycles. The van der Waals surface area contributed by atoms with Gasteiger partial charge < -0.3 is 9.84 Å². The van der Waals surface area contributed by atoms with E-state index in [0.717, 1.165) is 36.3 Å². The van der Waals surface area contributed by atoms with Crippen LogP contribution in [0.25, 0.3) is 0 Å². The van der Waals surface area contributed by atoms with Crippen molar-refractivity contribution in [3.05, 3.63) is 71.3 Å². The number of rotatable bonds is 6. The van der Waals surface area contributed by atoms with Gasteiger partial charge in [-0.1, -0.05) is 35.9 Å². The van der Waals surface area contributed by atoms with Gasteiger partial charge in [-0.05, 0) is 74.4 Å². The van der Waals surface area contributed by atoms with E-state index in [1.165, 1.54) is 5.56 Å². The summed E-state index contributed by atoms with van der Waals surface area (Å²) < 4.78 is 34.5. The lowest BCUT2D eigenvalue weighted by Crippen LogP contribution is -2.54. The minimum absolute atomic E-state index is 0.0362. The summed E-state index contributed by atoms with van der Waals surface area (Å²) in [6.45, 7) is 5.26. The first-order valence-electron chi connectivity index (χ1n) is 11.6. The number of hydrogen-bond donors (Lipinski definition) is 2. The molecular weight excluding hydrogens is 436 g/mol. The smallest absolute Gasteiger partial charge is 0.241 e. The van der Waals surface area contributed by atoms with Gasteiger partial charge in [-0.25, -0.2) is 13.1 Å². The molecular formula is C26H32N2O4S. The van der Waals surface area contributed by atoms with Crippen LogP contribution in [0.15, 0.2) is 65.1 Å². The number of likely N-dealkylation sites (tertiary alicyclic amines) is 1. The molecule has 0 aromatic heterocycles. The zero-order valence-corrected chi connectivity index (χ0v) is 20.2. The van der Waals surface area contributed by atoms with Crippen molar-refractivity contribution in [1.82, 2.24) is 9.62 Å². The van der Waals surface area contributed by atoms with E-state index >= 15 is 0 Å². The first-order valence-corrected chi connectivity index (χ1v) is 13.0. The second-order valence-corrected chi connectivity index (χ2v) is 11.8. The fraction of sp³-hybridized carbons (Fsp3) is 0.462. The number of aryl methyl sites for hydroxylation is 1. The molecule has 2 aromatic carbocycles. The number of methoxy groups -OCH3 is 1. The van der Waals surface area contributed by atoms with Crippen LogP contribution >= 0.6 is 0 Å². The molecule has 1 saturated heterocycles.